The Morgan fingerprint density at radius 3 is 2.40 bits per heavy atom. The Hall–Kier alpha value is -4.47. The maximum atomic E-state index is 12.3. The molecule has 1 aliphatic rings. The summed E-state index contributed by atoms with van der Waals surface area (Å²) < 4.78 is 6.78. The SMILES string of the molecule is C=CCN(CC(=O)O)C(=O)Cn1cc(CNC(=O)OCC2c3ccccc3-c3ccccc32)nn1. The van der Waals surface area contributed by atoms with Gasteiger partial charge in [0.1, 0.15) is 25.4 Å². The third kappa shape index (κ3) is 5.55. The molecule has 0 atom stereocenters. The number of alkyl carbamates (subject to hydrolysis) is 1. The smallest absolute Gasteiger partial charge is 0.407 e. The zero-order chi connectivity index (χ0) is 24.8. The summed E-state index contributed by atoms with van der Waals surface area (Å²) in [5.74, 6) is -1.59. The molecule has 4 rings (SSSR count). The number of fused-ring (bicyclic) bond motifs is 3. The van der Waals surface area contributed by atoms with Gasteiger partial charge < -0.3 is 20.1 Å². The zero-order valence-electron chi connectivity index (χ0n) is 19.0. The molecule has 1 aromatic heterocycles. The molecule has 2 amide bonds. The van der Waals surface area contributed by atoms with Crippen LogP contribution < -0.4 is 5.32 Å². The molecule has 0 aliphatic heterocycles. The van der Waals surface area contributed by atoms with Crippen molar-refractivity contribution >= 4 is 18.0 Å². The molecule has 0 saturated heterocycles. The van der Waals surface area contributed by atoms with Gasteiger partial charge in [0.15, 0.2) is 0 Å². The minimum Gasteiger partial charge on any atom is -0.480 e. The third-order valence-electron chi connectivity index (χ3n) is 5.67. The molecule has 35 heavy (non-hydrogen) atoms. The van der Waals surface area contributed by atoms with Gasteiger partial charge in [0.25, 0.3) is 0 Å². The van der Waals surface area contributed by atoms with Gasteiger partial charge in [0.05, 0.1) is 12.7 Å². The number of aliphatic carboxylic acids is 1. The van der Waals surface area contributed by atoms with E-state index < -0.39 is 24.5 Å². The highest BCUT2D eigenvalue weighted by Gasteiger charge is 2.29. The molecule has 0 radical (unpaired) electrons. The van der Waals surface area contributed by atoms with Gasteiger partial charge in [0.2, 0.25) is 5.91 Å². The second kappa shape index (κ2) is 10.6. The summed E-state index contributed by atoms with van der Waals surface area (Å²) in [5.41, 5.74) is 4.99. The number of benzene rings is 2. The number of amides is 2. The second-order valence-corrected chi connectivity index (χ2v) is 8.04. The number of hydrogen-bond donors (Lipinski definition) is 2. The number of carbonyl (C=O) groups is 3. The average molecular weight is 476 g/mol. The van der Waals surface area contributed by atoms with Crippen molar-refractivity contribution in [3.63, 3.8) is 0 Å². The molecular formula is C25H25N5O5. The summed E-state index contributed by atoms with van der Waals surface area (Å²) in [6, 6.07) is 16.2. The molecular weight excluding hydrogens is 450 g/mol. The number of nitrogens with one attached hydrogen (secondary N) is 1. The Balaban J connectivity index is 1.29. The van der Waals surface area contributed by atoms with Gasteiger partial charge in [-0.15, -0.1) is 11.7 Å². The molecule has 10 nitrogen and oxygen atoms in total. The van der Waals surface area contributed by atoms with Crippen molar-refractivity contribution in [3.8, 4) is 11.1 Å². The van der Waals surface area contributed by atoms with Crippen LogP contribution in [0.3, 0.4) is 0 Å². The zero-order valence-corrected chi connectivity index (χ0v) is 19.0. The first-order valence-corrected chi connectivity index (χ1v) is 11.0. The van der Waals surface area contributed by atoms with Gasteiger partial charge in [-0.1, -0.05) is 59.8 Å². The Kier molecular flexibility index (Phi) is 7.20. The van der Waals surface area contributed by atoms with Crippen LogP contribution in [0.1, 0.15) is 22.7 Å². The minimum atomic E-state index is -1.12. The van der Waals surface area contributed by atoms with Crippen molar-refractivity contribution in [1.82, 2.24) is 25.2 Å². The standard InChI is InChI=1S/C25H25N5O5/c1-2-11-29(15-24(32)33)23(31)14-30-13-17(27-28-30)12-26-25(34)35-16-22-20-9-5-3-7-18(20)19-8-4-6-10-21(19)22/h2-10,13,22H,1,11-12,14-16H2,(H,26,34)(H,32,33). The molecule has 0 fully saturated rings. The van der Waals surface area contributed by atoms with Gasteiger partial charge in [0, 0.05) is 12.5 Å². The fourth-order valence-corrected chi connectivity index (χ4v) is 4.12. The van der Waals surface area contributed by atoms with E-state index in [1.165, 1.54) is 17.0 Å². The van der Waals surface area contributed by atoms with E-state index >= 15 is 0 Å². The molecule has 2 aromatic carbocycles. The highest BCUT2D eigenvalue weighted by Crippen LogP contribution is 2.44. The summed E-state index contributed by atoms with van der Waals surface area (Å²) in [5, 5.41) is 19.4. The number of carboxylic acid groups (broad SMARTS) is 1. The predicted octanol–water partition coefficient (Wildman–Crippen LogP) is 2.42. The van der Waals surface area contributed by atoms with Crippen LogP contribution in [0.4, 0.5) is 4.79 Å². The highest BCUT2D eigenvalue weighted by molar-refractivity contribution is 5.81. The largest absolute Gasteiger partial charge is 0.480 e. The van der Waals surface area contributed by atoms with Gasteiger partial charge >= 0.3 is 12.1 Å². The fraction of sp³-hybridized carbons (Fsp3) is 0.240. The Labute approximate surface area is 201 Å². The lowest BCUT2D eigenvalue weighted by molar-refractivity contribution is -0.144. The highest BCUT2D eigenvalue weighted by atomic mass is 16.5. The predicted molar refractivity (Wildman–Crippen MR) is 126 cm³/mol. The maximum absolute atomic E-state index is 12.3. The van der Waals surface area contributed by atoms with Crippen LogP contribution in [0.2, 0.25) is 0 Å². The Morgan fingerprint density at radius 2 is 1.77 bits per heavy atom. The number of hydrogen-bond acceptors (Lipinski definition) is 6. The van der Waals surface area contributed by atoms with Crippen molar-refractivity contribution in [2.75, 3.05) is 19.7 Å². The number of ether oxygens (including phenoxy) is 1. The van der Waals surface area contributed by atoms with E-state index in [0.717, 1.165) is 27.2 Å². The van der Waals surface area contributed by atoms with Gasteiger partial charge in [-0.3, -0.25) is 9.59 Å². The molecule has 3 aromatic rings. The quantitative estimate of drug-likeness (QED) is 0.431. The average Bonchev–Trinajstić information content (AvgIpc) is 3.43. The molecule has 0 bridgehead atoms. The van der Waals surface area contributed by atoms with Crippen LogP contribution in [-0.4, -0.2) is 62.7 Å². The van der Waals surface area contributed by atoms with E-state index in [9.17, 15) is 14.4 Å². The van der Waals surface area contributed by atoms with Gasteiger partial charge in [-0.2, -0.15) is 0 Å². The molecule has 0 spiro atoms. The van der Waals surface area contributed by atoms with Crippen LogP contribution in [0.15, 0.2) is 67.4 Å². The van der Waals surface area contributed by atoms with E-state index in [1.54, 1.807) is 0 Å². The Morgan fingerprint density at radius 1 is 1.11 bits per heavy atom. The maximum Gasteiger partial charge on any atom is 0.407 e. The molecule has 1 heterocycles. The fourth-order valence-electron chi connectivity index (χ4n) is 4.12. The van der Waals surface area contributed by atoms with E-state index in [1.807, 2.05) is 36.4 Å². The lowest BCUT2D eigenvalue weighted by Crippen LogP contribution is -2.38. The summed E-state index contributed by atoms with van der Waals surface area (Å²) in [7, 11) is 0. The summed E-state index contributed by atoms with van der Waals surface area (Å²) in [4.78, 5) is 36.8. The van der Waals surface area contributed by atoms with Crippen LogP contribution in [0.5, 0.6) is 0 Å². The number of nitrogens with zero attached hydrogens (tertiary/aromatic N) is 4. The lowest BCUT2D eigenvalue weighted by Gasteiger charge is -2.18. The molecule has 0 unspecified atom stereocenters. The van der Waals surface area contributed by atoms with Crippen molar-refractivity contribution in [2.45, 2.75) is 19.0 Å². The van der Waals surface area contributed by atoms with E-state index in [0.29, 0.717) is 5.69 Å². The van der Waals surface area contributed by atoms with Crippen molar-refractivity contribution < 1.29 is 24.2 Å². The lowest BCUT2D eigenvalue weighted by atomic mass is 9.98. The third-order valence-corrected chi connectivity index (χ3v) is 5.67. The molecule has 1 aliphatic carbocycles. The first kappa shape index (κ1) is 23.7. The first-order chi connectivity index (χ1) is 17.0. The number of carbonyl (C=O) groups excluding carboxylic acids is 2. The van der Waals surface area contributed by atoms with E-state index in [2.05, 4.69) is 34.3 Å². The number of carboxylic acids is 1. The molecule has 0 saturated carbocycles. The number of aromatic nitrogens is 3. The second-order valence-electron chi connectivity index (χ2n) is 8.04. The normalized spacial score (nSPS) is 11.9. The van der Waals surface area contributed by atoms with Gasteiger partial charge in [-0.05, 0) is 22.3 Å². The summed E-state index contributed by atoms with van der Waals surface area (Å²) in [6.45, 7) is 3.29. The van der Waals surface area contributed by atoms with Gasteiger partial charge in [-0.25, -0.2) is 9.48 Å². The molecule has 10 heteroatoms. The minimum absolute atomic E-state index is 0.0376. The van der Waals surface area contributed by atoms with Crippen molar-refractivity contribution in [1.29, 1.82) is 0 Å². The van der Waals surface area contributed by atoms with E-state index in [4.69, 9.17) is 9.84 Å². The Bertz CT molecular complexity index is 1210. The van der Waals surface area contributed by atoms with Crippen LogP contribution >= 0.6 is 0 Å². The van der Waals surface area contributed by atoms with Crippen LogP contribution in [0, 0.1) is 0 Å². The van der Waals surface area contributed by atoms with Crippen molar-refractivity contribution in [2.24, 2.45) is 0 Å². The van der Waals surface area contributed by atoms with Crippen LogP contribution in [0.25, 0.3) is 11.1 Å². The topological polar surface area (TPSA) is 127 Å². The summed E-state index contributed by atoms with van der Waals surface area (Å²) >= 11 is 0. The van der Waals surface area contributed by atoms with Crippen LogP contribution in [-0.2, 0) is 27.4 Å². The summed E-state index contributed by atoms with van der Waals surface area (Å²) in [6.07, 6.45) is 2.37. The number of rotatable bonds is 10. The first-order valence-electron chi connectivity index (χ1n) is 11.0. The van der Waals surface area contributed by atoms with Crippen molar-refractivity contribution in [3.05, 3.63) is 84.2 Å². The van der Waals surface area contributed by atoms with E-state index in [-0.39, 0.29) is 32.2 Å². The monoisotopic (exact) mass is 475 g/mol. The molecule has 2 N–H and O–H groups in total. The molecule has 180 valence electrons.